The molecule has 1 N–H and O–H groups in total. The largest absolute Gasteiger partial charge is 0.488 e. The highest BCUT2D eigenvalue weighted by atomic mass is 32.2. The molecule has 0 saturated heterocycles. The third kappa shape index (κ3) is 7.97. The number of carbonyl (C=O) groups excluding carboxylic acids is 1. The smallest absolute Gasteiger partial charge is 0.318 e. The van der Waals surface area contributed by atoms with Gasteiger partial charge in [-0.2, -0.15) is 0 Å². The first-order chi connectivity index (χ1) is 10.9. The van der Waals surface area contributed by atoms with Crippen LogP contribution in [-0.4, -0.2) is 34.1 Å². The van der Waals surface area contributed by atoms with Gasteiger partial charge in [0.15, 0.2) is 5.75 Å². The molecule has 0 aliphatic rings. The van der Waals surface area contributed by atoms with E-state index < -0.39 is 16.8 Å². The molecule has 1 unspecified atom stereocenters. The Morgan fingerprint density at radius 2 is 2.09 bits per heavy atom. The van der Waals surface area contributed by atoms with Gasteiger partial charge in [0.1, 0.15) is 5.75 Å². The predicted molar refractivity (Wildman–Crippen MR) is 90.0 cm³/mol. The molecule has 1 aromatic rings. The lowest BCUT2D eigenvalue weighted by atomic mass is 10.1. The quantitative estimate of drug-likeness (QED) is 0.657. The summed E-state index contributed by atoms with van der Waals surface area (Å²) < 4.78 is 22.2. The van der Waals surface area contributed by atoms with E-state index in [2.05, 4.69) is 4.98 Å². The zero-order valence-corrected chi connectivity index (χ0v) is 14.7. The van der Waals surface area contributed by atoms with Crippen LogP contribution in [0.1, 0.15) is 39.3 Å². The van der Waals surface area contributed by atoms with E-state index in [9.17, 15) is 13.8 Å². The van der Waals surface area contributed by atoms with Crippen molar-refractivity contribution >= 4 is 16.8 Å². The van der Waals surface area contributed by atoms with Gasteiger partial charge in [-0.3, -0.25) is 13.8 Å². The SMILES string of the molecule is CCCOc1c[nH]c(CS(=O)CC(=O)OCCC(C)C)cc1=O. The van der Waals surface area contributed by atoms with Crippen molar-refractivity contribution in [3.63, 3.8) is 0 Å². The highest BCUT2D eigenvalue weighted by Gasteiger charge is 2.12. The summed E-state index contributed by atoms with van der Waals surface area (Å²) >= 11 is 0. The molecule has 0 bridgehead atoms. The Hall–Kier alpha value is -1.63. The van der Waals surface area contributed by atoms with E-state index in [4.69, 9.17) is 9.47 Å². The summed E-state index contributed by atoms with van der Waals surface area (Å²) in [5, 5.41) is 0. The van der Waals surface area contributed by atoms with Crippen LogP contribution in [0, 0.1) is 5.92 Å². The number of ether oxygens (including phenoxy) is 2. The molecule has 6 nitrogen and oxygen atoms in total. The van der Waals surface area contributed by atoms with Gasteiger partial charge >= 0.3 is 5.97 Å². The van der Waals surface area contributed by atoms with Crippen LogP contribution in [0.15, 0.2) is 17.1 Å². The van der Waals surface area contributed by atoms with Gasteiger partial charge in [0.05, 0.1) is 19.0 Å². The van der Waals surface area contributed by atoms with Gasteiger partial charge in [-0.1, -0.05) is 20.8 Å². The lowest BCUT2D eigenvalue weighted by Gasteiger charge is -2.07. The molecule has 0 fully saturated rings. The first-order valence-electron chi connectivity index (χ1n) is 7.77. The van der Waals surface area contributed by atoms with Crippen molar-refractivity contribution < 1.29 is 18.5 Å². The second-order valence-corrected chi connectivity index (χ2v) is 7.12. The van der Waals surface area contributed by atoms with Crippen LogP contribution < -0.4 is 10.2 Å². The molecule has 0 aliphatic heterocycles. The lowest BCUT2D eigenvalue weighted by Crippen LogP contribution is -2.17. The van der Waals surface area contributed by atoms with Crippen LogP contribution in [0.5, 0.6) is 5.75 Å². The number of hydrogen-bond acceptors (Lipinski definition) is 5. The summed E-state index contributed by atoms with van der Waals surface area (Å²) in [7, 11) is -1.42. The van der Waals surface area contributed by atoms with Crippen molar-refractivity contribution in [1.29, 1.82) is 0 Å². The van der Waals surface area contributed by atoms with Crippen LogP contribution >= 0.6 is 0 Å². The molecule has 0 aliphatic carbocycles. The van der Waals surface area contributed by atoms with Crippen molar-refractivity contribution in [2.75, 3.05) is 19.0 Å². The monoisotopic (exact) mass is 343 g/mol. The van der Waals surface area contributed by atoms with Crippen LogP contribution in [0.25, 0.3) is 0 Å². The zero-order chi connectivity index (χ0) is 17.2. The highest BCUT2D eigenvalue weighted by Crippen LogP contribution is 2.05. The topological polar surface area (TPSA) is 85.5 Å². The lowest BCUT2D eigenvalue weighted by molar-refractivity contribution is -0.140. The van der Waals surface area contributed by atoms with Gasteiger partial charge in [-0.05, 0) is 18.8 Å². The number of nitrogens with one attached hydrogen (secondary N) is 1. The second kappa shape index (κ2) is 10.2. The molecular formula is C16H25NO5S. The van der Waals surface area contributed by atoms with E-state index in [1.165, 1.54) is 12.3 Å². The Kier molecular flexibility index (Phi) is 8.61. The van der Waals surface area contributed by atoms with Gasteiger partial charge in [-0.25, -0.2) is 0 Å². The Balaban J connectivity index is 2.46. The summed E-state index contributed by atoms with van der Waals surface area (Å²) in [5.74, 6) is 0.145. The Labute approximate surface area is 139 Å². The van der Waals surface area contributed by atoms with Crippen LogP contribution in [0.3, 0.4) is 0 Å². The zero-order valence-electron chi connectivity index (χ0n) is 13.9. The average Bonchev–Trinajstić information content (AvgIpc) is 2.45. The molecular weight excluding hydrogens is 318 g/mol. The number of rotatable bonds is 10. The standard InChI is InChI=1S/C16H25NO5S/c1-4-6-21-15-9-17-13(8-14(15)18)10-23(20)11-16(19)22-7-5-12(2)3/h8-9,12H,4-7,10-11H2,1-3H3,(H,17,18). The maximum atomic E-state index is 11.9. The minimum absolute atomic E-state index is 0.0998. The maximum Gasteiger partial charge on any atom is 0.318 e. The van der Waals surface area contributed by atoms with Gasteiger partial charge in [0.2, 0.25) is 5.43 Å². The van der Waals surface area contributed by atoms with Crippen LogP contribution in [0.2, 0.25) is 0 Å². The number of aromatic amines is 1. The normalized spacial score (nSPS) is 12.2. The van der Waals surface area contributed by atoms with E-state index >= 15 is 0 Å². The number of H-pyrrole nitrogens is 1. The molecule has 0 spiro atoms. The molecule has 1 atom stereocenters. The van der Waals surface area contributed by atoms with E-state index in [-0.39, 0.29) is 22.7 Å². The molecule has 0 aromatic carbocycles. The molecule has 1 aromatic heterocycles. The minimum atomic E-state index is -1.42. The number of pyridine rings is 1. The molecule has 130 valence electrons. The average molecular weight is 343 g/mol. The Morgan fingerprint density at radius 3 is 2.70 bits per heavy atom. The Morgan fingerprint density at radius 1 is 1.35 bits per heavy atom. The van der Waals surface area contributed by atoms with Crippen molar-refractivity contribution in [3.8, 4) is 5.75 Å². The summed E-state index contributed by atoms with van der Waals surface area (Å²) in [6, 6.07) is 1.35. The third-order valence-corrected chi connectivity index (χ3v) is 4.14. The van der Waals surface area contributed by atoms with Crippen LogP contribution in [-0.2, 0) is 26.1 Å². The fraction of sp³-hybridized carbons (Fsp3) is 0.625. The van der Waals surface area contributed by atoms with Crippen molar-refractivity contribution in [2.45, 2.75) is 39.4 Å². The van der Waals surface area contributed by atoms with Gasteiger partial charge in [0, 0.05) is 28.8 Å². The Bertz CT molecular complexity index is 582. The first kappa shape index (κ1) is 19.4. The molecule has 0 amide bonds. The summed E-state index contributed by atoms with van der Waals surface area (Å²) in [6.45, 7) is 6.84. The molecule has 7 heteroatoms. The molecule has 0 saturated carbocycles. The fourth-order valence-corrected chi connectivity index (χ4v) is 2.68. The van der Waals surface area contributed by atoms with Crippen molar-refractivity contribution in [3.05, 3.63) is 28.2 Å². The number of carbonyl (C=O) groups is 1. The van der Waals surface area contributed by atoms with Crippen molar-refractivity contribution in [1.82, 2.24) is 4.98 Å². The molecule has 23 heavy (non-hydrogen) atoms. The van der Waals surface area contributed by atoms with E-state index in [1.807, 2.05) is 20.8 Å². The number of hydrogen-bond donors (Lipinski definition) is 1. The van der Waals surface area contributed by atoms with Gasteiger partial charge in [0.25, 0.3) is 0 Å². The van der Waals surface area contributed by atoms with Gasteiger partial charge < -0.3 is 14.5 Å². The van der Waals surface area contributed by atoms with Gasteiger partial charge in [-0.15, -0.1) is 0 Å². The summed E-state index contributed by atoms with van der Waals surface area (Å²) in [5.41, 5.74) is 0.246. The summed E-state index contributed by atoms with van der Waals surface area (Å²) in [4.78, 5) is 26.3. The predicted octanol–water partition coefficient (Wildman–Crippen LogP) is 2.00. The van der Waals surface area contributed by atoms with E-state index in [0.717, 1.165) is 12.8 Å². The molecule has 1 rings (SSSR count). The number of esters is 1. The van der Waals surface area contributed by atoms with E-state index in [1.54, 1.807) is 0 Å². The summed E-state index contributed by atoms with van der Waals surface area (Å²) in [6.07, 6.45) is 3.06. The molecule has 0 radical (unpaired) electrons. The van der Waals surface area contributed by atoms with E-state index in [0.29, 0.717) is 24.8 Å². The maximum absolute atomic E-state index is 11.9. The number of aromatic nitrogens is 1. The van der Waals surface area contributed by atoms with Crippen LogP contribution in [0.4, 0.5) is 0 Å². The molecule has 1 heterocycles. The fourth-order valence-electron chi connectivity index (χ4n) is 1.71. The van der Waals surface area contributed by atoms with Crippen molar-refractivity contribution in [2.24, 2.45) is 5.92 Å². The highest BCUT2D eigenvalue weighted by molar-refractivity contribution is 7.84. The second-order valence-electron chi connectivity index (χ2n) is 5.67. The third-order valence-electron chi connectivity index (χ3n) is 2.95. The first-order valence-corrected chi connectivity index (χ1v) is 9.26. The minimum Gasteiger partial charge on any atom is -0.488 e.